The van der Waals surface area contributed by atoms with Gasteiger partial charge in [0.15, 0.2) is 0 Å². The third kappa shape index (κ3) is 4.33. The fourth-order valence-electron chi connectivity index (χ4n) is 1.99. The van der Waals surface area contributed by atoms with E-state index in [1.165, 1.54) is 0 Å². The number of aromatic nitrogens is 2. The van der Waals surface area contributed by atoms with Gasteiger partial charge >= 0.3 is 0 Å². The first-order valence-corrected chi connectivity index (χ1v) is 7.65. The van der Waals surface area contributed by atoms with E-state index in [4.69, 9.17) is 11.6 Å². The molecule has 2 N–H and O–H groups in total. The van der Waals surface area contributed by atoms with Crippen LogP contribution in [-0.4, -0.2) is 16.5 Å². The Balaban J connectivity index is 2.26. The van der Waals surface area contributed by atoms with E-state index in [2.05, 4.69) is 34.4 Å². The summed E-state index contributed by atoms with van der Waals surface area (Å²) < 4.78 is 0. The van der Waals surface area contributed by atoms with Crippen molar-refractivity contribution in [1.29, 1.82) is 0 Å². The van der Waals surface area contributed by atoms with Gasteiger partial charge in [0.2, 0.25) is 0 Å². The summed E-state index contributed by atoms with van der Waals surface area (Å²) in [5, 5.41) is 7.27. The standard InChI is InChI=1S/C16H21ClN4/c1-4-6-14-20-15(18-5-2)10-16(21-14)19-12-8-7-11(3)13(17)9-12/h7-10H,4-6H2,1-3H3,(H2,18,19,20,21). The maximum atomic E-state index is 6.16. The fraction of sp³-hybridized carbons (Fsp3) is 0.375. The number of halogens is 1. The monoisotopic (exact) mass is 304 g/mol. The molecule has 0 atom stereocenters. The molecule has 1 heterocycles. The number of hydrogen-bond acceptors (Lipinski definition) is 4. The van der Waals surface area contributed by atoms with Gasteiger partial charge in [0.05, 0.1) is 0 Å². The second kappa shape index (κ2) is 7.27. The Kier molecular flexibility index (Phi) is 5.39. The van der Waals surface area contributed by atoms with E-state index in [0.717, 1.165) is 53.1 Å². The van der Waals surface area contributed by atoms with E-state index in [0.29, 0.717) is 0 Å². The molecule has 112 valence electrons. The van der Waals surface area contributed by atoms with Crippen LogP contribution in [0.3, 0.4) is 0 Å². The van der Waals surface area contributed by atoms with Crippen molar-refractivity contribution in [3.63, 3.8) is 0 Å². The fourth-order valence-corrected chi connectivity index (χ4v) is 2.17. The quantitative estimate of drug-likeness (QED) is 0.821. The van der Waals surface area contributed by atoms with Crippen molar-refractivity contribution in [2.45, 2.75) is 33.6 Å². The maximum Gasteiger partial charge on any atom is 0.136 e. The van der Waals surface area contributed by atoms with Crippen LogP contribution < -0.4 is 10.6 Å². The van der Waals surface area contributed by atoms with Crippen LogP contribution in [0.15, 0.2) is 24.3 Å². The number of nitrogens with one attached hydrogen (secondary N) is 2. The van der Waals surface area contributed by atoms with Gasteiger partial charge in [0.25, 0.3) is 0 Å². The Labute approximate surface area is 131 Å². The lowest BCUT2D eigenvalue weighted by molar-refractivity contribution is 0.836. The second-order valence-corrected chi connectivity index (χ2v) is 5.33. The average molecular weight is 305 g/mol. The SMILES string of the molecule is CCCc1nc(NCC)cc(Nc2ccc(C)c(Cl)c2)n1. The molecule has 1 aromatic heterocycles. The highest BCUT2D eigenvalue weighted by molar-refractivity contribution is 6.31. The zero-order valence-electron chi connectivity index (χ0n) is 12.7. The van der Waals surface area contributed by atoms with E-state index in [-0.39, 0.29) is 0 Å². The first kappa shape index (κ1) is 15.6. The van der Waals surface area contributed by atoms with Gasteiger partial charge in [-0.3, -0.25) is 0 Å². The molecule has 0 aliphatic heterocycles. The van der Waals surface area contributed by atoms with Crippen molar-refractivity contribution in [1.82, 2.24) is 9.97 Å². The summed E-state index contributed by atoms with van der Waals surface area (Å²) in [7, 11) is 0. The minimum Gasteiger partial charge on any atom is -0.370 e. The van der Waals surface area contributed by atoms with Crippen molar-refractivity contribution in [2.24, 2.45) is 0 Å². The van der Waals surface area contributed by atoms with E-state index < -0.39 is 0 Å². The van der Waals surface area contributed by atoms with E-state index in [1.54, 1.807) is 0 Å². The topological polar surface area (TPSA) is 49.8 Å². The predicted octanol–water partition coefficient (Wildman–Crippen LogP) is 4.57. The van der Waals surface area contributed by atoms with E-state index in [9.17, 15) is 0 Å². The smallest absolute Gasteiger partial charge is 0.136 e. The molecule has 0 unspecified atom stereocenters. The molecule has 0 aliphatic rings. The van der Waals surface area contributed by atoms with Gasteiger partial charge in [-0.1, -0.05) is 24.6 Å². The third-order valence-electron chi connectivity index (χ3n) is 3.05. The molecule has 0 aliphatic carbocycles. The summed E-state index contributed by atoms with van der Waals surface area (Å²) in [6, 6.07) is 7.81. The van der Waals surface area contributed by atoms with Crippen LogP contribution in [-0.2, 0) is 6.42 Å². The highest BCUT2D eigenvalue weighted by Gasteiger charge is 2.05. The summed E-state index contributed by atoms with van der Waals surface area (Å²) >= 11 is 6.16. The lowest BCUT2D eigenvalue weighted by Gasteiger charge is -2.11. The highest BCUT2D eigenvalue weighted by atomic mass is 35.5. The summed E-state index contributed by atoms with van der Waals surface area (Å²) in [5.41, 5.74) is 1.99. The Hall–Kier alpha value is -1.81. The molecule has 0 fully saturated rings. The summed E-state index contributed by atoms with van der Waals surface area (Å²) in [5.74, 6) is 2.47. The van der Waals surface area contributed by atoms with Crippen LogP contribution in [0, 0.1) is 6.92 Å². The number of anilines is 3. The van der Waals surface area contributed by atoms with Crippen LogP contribution in [0.5, 0.6) is 0 Å². The van der Waals surface area contributed by atoms with Crippen LogP contribution in [0.25, 0.3) is 0 Å². The number of rotatable bonds is 6. The molecular weight excluding hydrogens is 284 g/mol. The molecule has 0 amide bonds. The van der Waals surface area contributed by atoms with Gasteiger partial charge < -0.3 is 10.6 Å². The van der Waals surface area contributed by atoms with Gasteiger partial charge in [-0.05, 0) is 38.0 Å². The molecule has 0 saturated carbocycles. The Bertz CT molecular complexity index is 589. The molecule has 2 aromatic rings. The highest BCUT2D eigenvalue weighted by Crippen LogP contribution is 2.23. The van der Waals surface area contributed by atoms with Crippen molar-refractivity contribution in [3.8, 4) is 0 Å². The van der Waals surface area contributed by atoms with Crippen molar-refractivity contribution in [2.75, 3.05) is 17.2 Å². The molecule has 2 rings (SSSR count). The molecule has 21 heavy (non-hydrogen) atoms. The molecule has 0 bridgehead atoms. The zero-order chi connectivity index (χ0) is 15.2. The van der Waals surface area contributed by atoms with Gasteiger partial charge in [0, 0.05) is 29.7 Å². The number of aryl methyl sites for hydroxylation is 2. The molecule has 4 nitrogen and oxygen atoms in total. The maximum absolute atomic E-state index is 6.16. The minimum absolute atomic E-state index is 0.745. The molecule has 0 spiro atoms. The van der Waals surface area contributed by atoms with Gasteiger partial charge in [0.1, 0.15) is 17.5 Å². The Morgan fingerprint density at radius 3 is 2.52 bits per heavy atom. The number of hydrogen-bond donors (Lipinski definition) is 2. The largest absolute Gasteiger partial charge is 0.370 e. The first-order chi connectivity index (χ1) is 10.1. The van der Waals surface area contributed by atoms with Crippen LogP contribution in [0.4, 0.5) is 17.3 Å². The second-order valence-electron chi connectivity index (χ2n) is 4.92. The molecule has 1 aromatic carbocycles. The summed E-state index contributed by atoms with van der Waals surface area (Å²) in [6.07, 6.45) is 1.88. The van der Waals surface area contributed by atoms with Crippen molar-refractivity contribution >= 4 is 28.9 Å². The predicted molar refractivity (Wildman–Crippen MR) is 89.7 cm³/mol. The van der Waals surface area contributed by atoms with E-state index >= 15 is 0 Å². The Morgan fingerprint density at radius 2 is 1.86 bits per heavy atom. The van der Waals surface area contributed by atoms with Gasteiger partial charge in [-0.25, -0.2) is 9.97 Å². The lowest BCUT2D eigenvalue weighted by Crippen LogP contribution is -2.06. The summed E-state index contributed by atoms with van der Waals surface area (Å²) in [4.78, 5) is 9.05. The number of nitrogens with zero attached hydrogens (tertiary/aromatic N) is 2. The molecule has 0 saturated heterocycles. The average Bonchev–Trinajstić information content (AvgIpc) is 2.43. The zero-order valence-corrected chi connectivity index (χ0v) is 13.5. The first-order valence-electron chi connectivity index (χ1n) is 7.27. The van der Waals surface area contributed by atoms with Gasteiger partial charge in [-0.2, -0.15) is 0 Å². The summed E-state index contributed by atoms with van der Waals surface area (Å²) in [6.45, 7) is 6.99. The van der Waals surface area contributed by atoms with Crippen molar-refractivity contribution in [3.05, 3.63) is 40.7 Å². The van der Waals surface area contributed by atoms with Crippen LogP contribution >= 0.6 is 11.6 Å². The van der Waals surface area contributed by atoms with E-state index in [1.807, 2.05) is 31.2 Å². The van der Waals surface area contributed by atoms with Crippen LogP contribution in [0.2, 0.25) is 5.02 Å². The normalized spacial score (nSPS) is 10.5. The molecule has 5 heteroatoms. The molecular formula is C16H21ClN4. The number of benzene rings is 1. The van der Waals surface area contributed by atoms with Crippen LogP contribution in [0.1, 0.15) is 31.7 Å². The molecule has 0 radical (unpaired) electrons. The minimum atomic E-state index is 0.745. The third-order valence-corrected chi connectivity index (χ3v) is 3.46. The lowest BCUT2D eigenvalue weighted by atomic mass is 10.2. The Morgan fingerprint density at radius 1 is 1.10 bits per heavy atom. The van der Waals surface area contributed by atoms with Crippen molar-refractivity contribution < 1.29 is 0 Å². The van der Waals surface area contributed by atoms with Gasteiger partial charge in [-0.15, -0.1) is 0 Å².